The van der Waals surface area contributed by atoms with Crippen LogP contribution in [0.5, 0.6) is 0 Å². The van der Waals surface area contributed by atoms with Crippen molar-refractivity contribution in [3.05, 3.63) is 44.8 Å². The van der Waals surface area contributed by atoms with Crippen LogP contribution in [-0.4, -0.2) is 17.5 Å². The number of rotatable bonds is 3. The molecule has 22 heavy (non-hydrogen) atoms. The molecule has 118 valence electrons. The fourth-order valence-corrected chi connectivity index (χ4v) is 3.60. The van der Waals surface area contributed by atoms with Gasteiger partial charge in [-0.25, -0.2) is 4.79 Å². The van der Waals surface area contributed by atoms with E-state index in [0.29, 0.717) is 11.6 Å². The molecule has 1 aliphatic heterocycles. The molecule has 0 radical (unpaired) electrons. The van der Waals surface area contributed by atoms with E-state index in [1.165, 1.54) is 19.3 Å². The summed E-state index contributed by atoms with van der Waals surface area (Å²) in [6.45, 7) is 6.17. The molecule has 1 aromatic heterocycles. The van der Waals surface area contributed by atoms with Crippen LogP contribution < -0.4 is 5.63 Å². The predicted molar refractivity (Wildman–Crippen MR) is 90.6 cm³/mol. The third-order valence-corrected chi connectivity index (χ3v) is 5.04. The molecule has 1 saturated heterocycles. The molecule has 1 fully saturated rings. The highest BCUT2D eigenvalue weighted by molar-refractivity contribution is 6.32. The second kappa shape index (κ2) is 6.43. The van der Waals surface area contributed by atoms with Crippen LogP contribution in [0.3, 0.4) is 0 Å². The number of nitrogens with zero attached hydrogens (tertiary/aromatic N) is 1. The smallest absolute Gasteiger partial charge is 0.336 e. The first-order valence-corrected chi connectivity index (χ1v) is 8.45. The van der Waals surface area contributed by atoms with Crippen molar-refractivity contribution in [2.45, 2.75) is 52.1 Å². The van der Waals surface area contributed by atoms with Crippen molar-refractivity contribution in [3.63, 3.8) is 0 Å². The summed E-state index contributed by atoms with van der Waals surface area (Å²) in [6.07, 6.45) is 4.57. The number of likely N-dealkylation sites (tertiary alicyclic amines) is 1. The van der Waals surface area contributed by atoms with Gasteiger partial charge in [-0.05, 0) is 56.0 Å². The molecule has 0 aliphatic carbocycles. The lowest BCUT2D eigenvalue weighted by Crippen LogP contribution is -2.36. The van der Waals surface area contributed by atoms with Crippen molar-refractivity contribution in [2.75, 3.05) is 6.54 Å². The molecule has 2 aromatic rings. The molecule has 1 aliphatic rings. The zero-order valence-electron chi connectivity index (χ0n) is 13.2. The first-order valence-electron chi connectivity index (χ1n) is 8.07. The van der Waals surface area contributed by atoms with Crippen molar-refractivity contribution in [2.24, 2.45) is 0 Å². The summed E-state index contributed by atoms with van der Waals surface area (Å²) < 4.78 is 5.38. The van der Waals surface area contributed by atoms with E-state index in [-0.39, 0.29) is 5.63 Å². The normalized spacial score (nSPS) is 19.7. The lowest BCUT2D eigenvalue weighted by molar-refractivity contribution is 0.153. The molecule has 0 saturated carbocycles. The Morgan fingerprint density at radius 3 is 2.82 bits per heavy atom. The Balaban J connectivity index is 2.04. The summed E-state index contributed by atoms with van der Waals surface area (Å²) >= 11 is 6.35. The van der Waals surface area contributed by atoms with E-state index in [0.717, 1.165) is 41.0 Å². The Morgan fingerprint density at radius 1 is 1.27 bits per heavy atom. The third-order valence-electron chi connectivity index (χ3n) is 4.69. The molecule has 0 amide bonds. The number of fused-ring (bicyclic) bond motifs is 1. The molecule has 1 atom stereocenters. The minimum Gasteiger partial charge on any atom is -0.423 e. The average molecular weight is 320 g/mol. The number of hydrogen-bond acceptors (Lipinski definition) is 3. The number of hydrogen-bond donors (Lipinski definition) is 0. The van der Waals surface area contributed by atoms with Gasteiger partial charge in [0.15, 0.2) is 0 Å². The Kier molecular flexibility index (Phi) is 4.55. The summed E-state index contributed by atoms with van der Waals surface area (Å²) in [5.41, 5.74) is 2.40. The lowest BCUT2D eigenvalue weighted by Gasteiger charge is -2.33. The van der Waals surface area contributed by atoms with Crippen LogP contribution in [0.25, 0.3) is 11.0 Å². The highest BCUT2D eigenvalue weighted by atomic mass is 35.5. The fourth-order valence-electron chi connectivity index (χ4n) is 3.30. The summed E-state index contributed by atoms with van der Waals surface area (Å²) in [4.78, 5) is 14.3. The topological polar surface area (TPSA) is 33.5 Å². The summed E-state index contributed by atoms with van der Waals surface area (Å²) in [5.74, 6) is 0. The lowest BCUT2D eigenvalue weighted by atomic mass is 10.0. The fraction of sp³-hybridized carbons (Fsp3) is 0.500. The molecule has 3 nitrogen and oxygen atoms in total. The third kappa shape index (κ3) is 3.06. The van der Waals surface area contributed by atoms with Crippen LogP contribution in [0.4, 0.5) is 0 Å². The van der Waals surface area contributed by atoms with E-state index < -0.39 is 0 Å². The Labute approximate surface area is 135 Å². The molecule has 3 rings (SSSR count). The monoisotopic (exact) mass is 319 g/mol. The summed E-state index contributed by atoms with van der Waals surface area (Å²) in [6, 6.07) is 6.03. The van der Waals surface area contributed by atoms with Gasteiger partial charge in [0.2, 0.25) is 0 Å². The highest BCUT2D eigenvalue weighted by Gasteiger charge is 2.20. The van der Waals surface area contributed by atoms with Crippen molar-refractivity contribution < 1.29 is 4.42 Å². The average Bonchev–Trinajstić information content (AvgIpc) is 2.49. The second-order valence-electron chi connectivity index (χ2n) is 6.20. The molecule has 4 heteroatoms. The van der Waals surface area contributed by atoms with E-state index in [4.69, 9.17) is 16.0 Å². The minimum atomic E-state index is -0.281. The predicted octanol–water partition coefficient (Wildman–Crippen LogP) is 4.38. The first-order chi connectivity index (χ1) is 10.6. The zero-order chi connectivity index (χ0) is 15.7. The molecule has 0 N–H and O–H groups in total. The van der Waals surface area contributed by atoms with Crippen LogP contribution >= 0.6 is 11.6 Å². The Morgan fingerprint density at radius 2 is 2.09 bits per heavy atom. The Hall–Kier alpha value is -1.32. The van der Waals surface area contributed by atoms with Crippen molar-refractivity contribution in [1.29, 1.82) is 0 Å². The summed E-state index contributed by atoms with van der Waals surface area (Å²) in [5, 5.41) is 1.70. The van der Waals surface area contributed by atoms with Gasteiger partial charge in [-0.1, -0.05) is 24.9 Å². The van der Waals surface area contributed by atoms with Crippen molar-refractivity contribution >= 4 is 22.6 Å². The molecule has 2 heterocycles. The van der Waals surface area contributed by atoms with Crippen LogP contribution in [0.1, 0.15) is 44.2 Å². The molecule has 0 bridgehead atoms. The molecule has 0 spiro atoms. The maximum absolute atomic E-state index is 11.9. The van der Waals surface area contributed by atoms with Gasteiger partial charge in [0.05, 0.1) is 0 Å². The number of benzene rings is 1. The number of halogens is 1. The quantitative estimate of drug-likeness (QED) is 0.787. The van der Waals surface area contributed by atoms with Crippen LogP contribution in [0.15, 0.2) is 27.4 Å². The summed E-state index contributed by atoms with van der Waals surface area (Å²) in [7, 11) is 0. The first kappa shape index (κ1) is 15.6. The van der Waals surface area contributed by atoms with Gasteiger partial charge in [-0.15, -0.1) is 0 Å². The molecular formula is C18H22ClNO2. The molecule has 1 aromatic carbocycles. The van der Waals surface area contributed by atoms with Gasteiger partial charge in [0.1, 0.15) is 5.58 Å². The maximum Gasteiger partial charge on any atom is 0.336 e. The zero-order valence-corrected chi connectivity index (χ0v) is 13.9. The van der Waals surface area contributed by atoms with Crippen LogP contribution in [0.2, 0.25) is 5.02 Å². The number of piperidine rings is 1. The van der Waals surface area contributed by atoms with Gasteiger partial charge in [-0.2, -0.15) is 0 Å². The van der Waals surface area contributed by atoms with Crippen molar-refractivity contribution in [1.82, 2.24) is 4.90 Å². The second-order valence-corrected chi connectivity index (χ2v) is 6.61. The Bertz CT molecular complexity index is 738. The van der Waals surface area contributed by atoms with Gasteiger partial charge in [-0.3, -0.25) is 4.90 Å². The highest BCUT2D eigenvalue weighted by Crippen LogP contribution is 2.28. The largest absolute Gasteiger partial charge is 0.423 e. The maximum atomic E-state index is 11.9. The van der Waals surface area contributed by atoms with Crippen LogP contribution in [0, 0.1) is 0 Å². The van der Waals surface area contributed by atoms with Gasteiger partial charge < -0.3 is 4.42 Å². The van der Waals surface area contributed by atoms with E-state index in [9.17, 15) is 4.79 Å². The van der Waals surface area contributed by atoms with E-state index in [1.807, 2.05) is 19.1 Å². The van der Waals surface area contributed by atoms with Crippen LogP contribution in [-0.2, 0) is 13.0 Å². The van der Waals surface area contributed by atoms with Gasteiger partial charge in [0, 0.05) is 29.1 Å². The number of aryl methyl sites for hydroxylation is 1. The SMILES string of the molecule is CCc1cc2oc(=O)cc(CN3CCCC[C@@H]3C)c2cc1Cl. The van der Waals surface area contributed by atoms with Crippen molar-refractivity contribution in [3.8, 4) is 0 Å². The molecular weight excluding hydrogens is 298 g/mol. The van der Waals surface area contributed by atoms with E-state index in [1.54, 1.807) is 6.07 Å². The van der Waals surface area contributed by atoms with Gasteiger partial charge in [0.25, 0.3) is 0 Å². The van der Waals surface area contributed by atoms with E-state index in [2.05, 4.69) is 11.8 Å². The van der Waals surface area contributed by atoms with E-state index >= 15 is 0 Å². The standard InChI is InChI=1S/C18H22ClNO2/c1-3-13-8-17-15(10-16(13)19)14(9-18(21)22-17)11-20-7-5-4-6-12(20)2/h8-10,12H,3-7,11H2,1-2H3/t12-/m0/s1. The molecule has 0 unspecified atom stereocenters. The minimum absolute atomic E-state index is 0.281. The van der Waals surface area contributed by atoms with Gasteiger partial charge >= 0.3 is 5.63 Å².